The van der Waals surface area contributed by atoms with Crippen LogP contribution < -0.4 is 11.1 Å². The highest BCUT2D eigenvalue weighted by Crippen LogP contribution is 2.23. The maximum Gasteiger partial charge on any atom is 0.292 e. The van der Waals surface area contributed by atoms with Gasteiger partial charge >= 0.3 is 0 Å². The van der Waals surface area contributed by atoms with Gasteiger partial charge in [-0.1, -0.05) is 18.2 Å². The van der Waals surface area contributed by atoms with Crippen LogP contribution in [0.25, 0.3) is 0 Å². The number of piperazine rings is 1. The first kappa shape index (κ1) is 19.3. The molecule has 0 aliphatic carbocycles. The maximum absolute atomic E-state index is 12.6. The van der Waals surface area contributed by atoms with Gasteiger partial charge in [0.25, 0.3) is 11.6 Å². The molecule has 0 bridgehead atoms. The van der Waals surface area contributed by atoms with Crippen LogP contribution in [0.4, 0.5) is 17.1 Å². The minimum absolute atomic E-state index is 0.0239. The molecule has 146 valence electrons. The number of nitrogen functional groups attached to an aromatic ring is 1. The van der Waals surface area contributed by atoms with E-state index in [2.05, 4.69) is 5.32 Å². The number of nitro groups is 1. The molecule has 0 spiro atoms. The predicted molar refractivity (Wildman–Crippen MR) is 105 cm³/mol. The number of hydrogen-bond donors (Lipinski definition) is 2. The lowest BCUT2D eigenvalue weighted by Gasteiger charge is -2.34. The summed E-state index contributed by atoms with van der Waals surface area (Å²) < 4.78 is 0. The van der Waals surface area contributed by atoms with Crippen LogP contribution >= 0.6 is 0 Å². The number of carbonyl (C=O) groups is 2. The highest BCUT2D eigenvalue weighted by atomic mass is 16.6. The van der Waals surface area contributed by atoms with Gasteiger partial charge in [-0.05, 0) is 24.3 Å². The number of anilines is 2. The van der Waals surface area contributed by atoms with E-state index in [1.807, 2.05) is 35.2 Å². The molecule has 0 radical (unpaired) electrons. The molecule has 3 N–H and O–H groups in total. The van der Waals surface area contributed by atoms with Crippen LogP contribution in [0.5, 0.6) is 0 Å². The minimum Gasteiger partial charge on any atom is -0.393 e. The minimum atomic E-state index is -0.602. The quantitative estimate of drug-likeness (QED) is 0.459. The predicted octanol–water partition coefficient (Wildman–Crippen LogP) is 1.57. The zero-order valence-electron chi connectivity index (χ0n) is 15.2. The van der Waals surface area contributed by atoms with E-state index in [9.17, 15) is 19.7 Å². The molecule has 2 aromatic carbocycles. The van der Waals surface area contributed by atoms with Crippen molar-refractivity contribution in [2.75, 3.05) is 43.8 Å². The number of rotatable bonds is 5. The monoisotopic (exact) mass is 383 g/mol. The molecular weight excluding hydrogens is 362 g/mol. The molecule has 2 aromatic rings. The van der Waals surface area contributed by atoms with Crippen molar-refractivity contribution in [2.45, 2.75) is 0 Å². The number of hydrogen-bond acceptors (Lipinski definition) is 6. The summed E-state index contributed by atoms with van der Waals surface area (Å²) in [5, 5.41) is 13.8. The fourth-order valence-electron chi connectivity index (χ4n) is 3.05. The lowest BCUT2D eigenvalue weighted by Crippen LogP contribution is -2.50. The molecule has 1 heterocycles. The first-order valence-corrected chi connectivity index (χ1v) is 8.84. The molecule has 28 heavy (non-hydrogen) atoms. The molecule has 1 fully saturated rings. The Kier molecular flexibility index (Phi) is 5.85. The number of nitro benzene ring substituents is 1. The summed E-state index contributed by atoms with van der Waals surface area (Å²) in [5.74, 6) is -0.392. The summed E-state index contributed by atoms with van der Waals surface area (Å²) in [7, 11) is 0. The number of carbonyl (C=O) groups excluding carboxylic acids is 2. The maximum atomic E-state index is 12.6. The molecule has 1 aliphatic rings. The topological polar surface area (TPSA) is 122 Å². The molecule has 0 saturated carbocycles. The van der Waals surface area contributed by atoms with E-state index in [0.29, 0.717) is 26.2 Å². The van der Waals surface area contributed by atoms with Crippen molar-refractivity contribution in [3.8, 4) is 0 Å². The largest absolute Gasteiger partial charge is 0.393 e. The number of para-hydroxylation sites is 1. The van der Waals surface area contributed by atoms with E-state index in [-0.39, 0.29) is 35.3 Å². The van der Waals surface area contributed by atoms with E-state index in [1.54, 1.807) is 4.90 Å². The van der Waals surface area contributed by atoms with Gasteiger partial charge < -0.3 is 16.0 Å². The molecule has 1 aliphatic heterocycles. The van der Waals surface area contributed by atoms with Gasteiger partial charge in [0.2, 0.25) is 5.91 Å². The van der Waals surface area contributed by atoms with Gasteiger partial charge in [0, 0.05) is 43.5 Å². The Hall–Kier alpha value is -3.46. The Bertz CT molecular complexity index is 879. The Labute approximate surface area is 161 Å². The summed E-state index contributed by atoms with van der Waals surface area (Å²) in [5.41, 5.74) is 6.30. The smallest absolute Gasteiger partial charge is 0.292 e. The molecule has 1 saturated heterocycles. The third-order valence-corrected chi connectivity index (χ3v) is 4.56. The summed E-state index contributed by atoms with van der Waals surface area (Å²) >= 11 is 0. The van der Waals surface area contributed by atoms with Crippen molar-refractivity contribution in [1.82, 2.24) is 9.80 Å². The van der Waals surface area contributed by atoms with Gasteiger partial charge in [-0.2, -0.15) is 0 Å². The third-order valence-electron chi connectivity index (χ3n) is 4.56. The van der Waals surface area contributed by atoms with E-state index >= 15 is 0 Å². The van der Waals surface area contributed by atoms with Crippen molar-refractivity contribution in [2.24, 2.45) is 0 Å². The standard InChI is InChI=1S/C19H21N5O4/c20-16-7-6-14(12-17(16)24(27)28)19(26)23-10-8-22(9-11-23)13-18(25)21-15-4-2-1-3-5-15/h1-7,12H,8-11,13,20H2,(H,21,25). The van der Waals surface area contributed by atoms with Crippen molar-refractivity contribution < 1.29 is 14.5 Å². The van der Waals surface area contributed by atoms with E-state index in [0.717, 1.165) is 5.69 Å². The van der Waals surface area contributed by atoms with Crippen molar-refractivity contribution in [3.63, 3.8) is 0 Å². The van der Waals surface area contributed by atoms with Gasteiger partial charge in [0.1, 0.15) is 5.69 Å². The van der Waals surface area contributed by atoms with Crippen LogP contribution in [-0.2, 0) is 4.79 Å². The number of amides is 2. The average Bonchev–Trinajstić information content (AvgIpc) is 2.69. The van der Waals surface area contributed by atoms with Gasteiger partial charge in [0.15, 0.2) is 0 Å². The zero-order valence-corrected chi connectivity index (χ0v) is 15.2. The normalized spacial score (nSPS) is 14.5. The van der Waals surface area contributed by atoms with Crippen LogP contribution in [-0.4, -0.2) is 59.3 Å². The first-order chi connectivity index (χ1) is 13.4. The van der Waals surface area contributed by atoms with Crippen LogP contribution in [0, 0.1) is 10.1 Å². The SMILES string of the molecule is Nc1ccc(C(=O)N2CCN(CC(=O)Nc3ccccc3)CC2)cc1[N+](=O)[O-]. The molecule has 9 nitrogen and oxygen atoms in total. The highest BCUT2D eigenvalue weighted by molar-refractivity contribution is 5.96. The fourth-order valence-corrected chi connectivity index (χ4v) is 3.05. The summed E-state index contributed by atoms with van der Waals surface area (Å²) in [6, 6.07) is 13.3. The van der Waals surface area contributed by atoms with E-state index in [1.165, 1.54) is 18.2 Å². The van der Waals surface area contributed by atoms with Crippen LogP contribution in [0.15, 0.2) is 48.5 Å². The van der Waals surface area contributed by atoms with Gasteiger partial charge in [-0.3, -0.25) is 24.6 Å². The second-order valence-electron chi connectivity index (χ2n) is 6.51. The molecular formula is C19H21N5O4. The Morgan fingerprint density at radius 1 is 1.07 bits per heavy atom. The Balaban J connectivity index is 1.53. The Morgan fingerprint density at radius 3 is 2.39 bits per heavy atom. The summed E-state index contributed by atoms with van der Waals surface area (Å²) in [6.07, 6.45) is 0. The van der Waals surface area contributed by atoms with Crippen LogP contribution in [0.3, 0.4) is 0 Å². The lowest BCUT2D eigenvalue weighted by atomic mass is 10.1. The zero-order chi connectivity index (χ0) is 20.1. The molecule has 9 heteroatoms. The molecule has 0 atom stereocenters. The lowest BCUT2D eigenvalue weighted by molar-refractivity contribution is -0.383. The van der Waals surface area contributed by atoms with E-state index in [4.69, 9.17) is 5.73 Å². The fraction of sp³-hybridized carbons (Fsp3) is 0.263. The van der Waals surface area contributed by atoms with Crippen LogP contribution in [0.2, 0.25) is 0 Å². The van der Waals surface area contributed by atoms with Crippen molar-refractivity contribution in [3.05, 3.63) is 64.2 Å². The van der Waals surface area contributed by atoms with Crippen molar-refractivity contribution >= 4 is 28.9 Å². The second-order valence-corrected chi connectivity index (χ2v) is 6.51. The van der Waals surface area contributed by atoms with Gasteiger partial charge in [0.05, 0.1) is 11.5 Å². The highest BCUT2D eigenvalue weighted by Gasteiger charge is 2.25. The molecule has 0 unspecified atom stereocenters. The summed E-state index contributed by atoms with van der Waals surface area (Å²) in [6.45, 7) is 2.21. The van der Waals surface area contributed by atoms with Crippen LogP contribution in [0.1, 0.15) is 10.4 Å². The number of benzene rings is 2. The van der Waals surface area contributed by atoms with Gasteiger partial charge in [-0.25, -0.2) is 0 Å². The van der Waals surface area contributed by atoms with E-state index < -0.39 is 4.92 Å². The third kappa shape index (κ3) is 4.63. The second kappa shape index (κ2) is 8.49. The van der Waals surface area contributed by atoms with Gasteiger partial charge in [-0.15, -0.1) is 0 Å². The number of nitrogens with two attached hydrogens (primary N) is 1. The van der Waals surface area contributed by atoms with Crippen molar-refractivity contribution in [1.29, 1.82) is 0 Å². The first-order valence-electron chi connectivity index (χ1n) is 8.84. The molecule has 3 rings (SSSR count). The average molecular weight is 383 g/mol. The number of nitrogens with zero attached hydrogens (tertiary/aromatic N) is 3. The Morgan fingerprint density at radius 2 is 1.75 bits per heavy atom. The number of nitrogens with one attached hydrogen (secondary N) is 1. The molecule has 2 amide bonds. The summed E-state index contributed by atoms with van der Waals surface area (Å²) in [4.78, 5) is 38.8. The molecule has 0 aromatic heterocycles.